The van der Waals surface area contributed by atoms with Gasteiger partial charge < -0.3 is 0 Å². The van der Waals surface area contributed by atoms with E-state index in [2.05, 4.69) is 97.1 Å². The molecule has 0 aromatic heterocycles. The van der Waals surface area contributed by atoms with Crippen LogP contribution in [0.1, 0.15) is 92.0 Å². The van der Waals surface area contributed by atoms with Crippen LogP contribution in [0.4, 0.5) is 0 Å². The van der Waals surface area contributed by atoms with Crippen LogP contribution in [-0.4, -0.2) is 22.5 Å². The van der Waals surface area contributed by atoms with Gasteiger partial charge in [0, 0.05) is 54.0 Å². The van der Waals surface area contributed by atoms with Crippen LogP contribution in [0.5, 0.6) is 0 Å². The van der Waals surface area contributed by atoms with E-state index in [9.17, 15) is 0 Å². The number of hydrogen-bond donors (Lipinski definition) is 2. The van der Waals surface area contributed by atoms with Crippen LogP contribution in [0, 0.1) is 0 Å². The van der Waals surface area contributed by atoms with Crippen molar-refractivity contribution in [3.05, 3.63) is 0 Å². The van der Waals surface area contributed by atoms with Gasteiger partial charge in [0.25, 0.3) is 0 Å². The summed E-state index contributed by atoms with van der Waals surface area (Å²) >= 11 is 14.5. The van der Waals surface area contributed by atoms with Crippen molar-refractivity contribution in [3.63, 3.8) is 0 Å². The summed E-state index contributed by atoms with van der Waals surface area (Å²) in [5.74, 6) is 3.20. The van der Waals surface area contributed by atoms with E-state index < -0.39 is 0 Å². The summed E-state index contributed by atoms with van der Waals surface area (Å²) in [6, 6.07) is 0. The van der Waals surface area contributed by atoms with Crippen LogP contribution in [0.25, 0.3) is 0 Å². The maximum absolute atomic E-state index is 4.27. The Morgan fingerprint density at radius 2 is 1.00 bits per heavy atom. The highest BCUT2D eigenvalue weighted by molar-refractivity contribution is 15.0. The third-order valence-corrected chi connectivity index (χ3v) is 3.11. The number of rotatable bonds is 4. The molecule has 0 aliphatic carbocycles. The Morgan fingerprint density at radius 3 is 1.14 bits per heavy atom. The van der Waals surface area contributed by atoms with Gasteiger partial charge in [-0.2, -0.15) is 37.0 Å². The van der Waals surface area contributed by atoms with Crippen molar-refractivity contribution in [1.29, 1.82) is 0 Å². The predicted molar refractivity (Wildman–Crippen MR) is 150 cm³/mol. The topological polar surface area (TPSA) is 0 Å². The molecule has 0 aliphatic heterocycles. The van der Waals surface area contributed by atoms with Crippen molar-refractivity contribution in [2.75, 3.05) is 17.3 Å². The molecule has 0 heterocycles. The zero-order valence-electron chi connectivity index (χ0n) is 11.2. The van der Waals surface area contributed by atoms with E-state index in [1.165, 1.54) is 18.6 Å². The average molecular weight is 607 g/mol. The Hall–Kier alpha value is 2.51. The number of halogens is 2. The van der Waals surface area contributed by atoms with Gasteiger partial charge in [0.05, 0.1) is 0 Å². The molecule has 0 fully saturated rings. The van der Waals surface area contributed by atoms with E-state index in [1.54, 1.807) is 0 Å². The van der Waals surface area contributed by atoms with Gasteiger partial charge in [0.15, 0.2) is 0 Å². The molecule has 5 heteroatoms. The van der Waals surface area contributed by atoms with E-state index in [0.29, 0.717) is 5.25 Å². The Morgan fingerprint density at radius 1 is 0.773 bits per heavy atom. The van der Waals surface area contributed by atoms with Crippen molar-refractivity contribution in [3.8, 4) is 0 Å². The SMILES string of the molecule is C.C.C.C.C.C.CCC.CCC.CCSCC(S)CS.II. The molecule has 0 aliphatic rings. The largest absolute Gasteiger partial charge is 0.178 e. The summed E-state index contributed by atoms with van der Waals surface area (Å²) in [5.41, 5.74) is 0. The third-order valence-electron chi connectivity index (χ3n) is 0.725. The molecule has 1 atom stereocenters. The average Bonchev–Trinajstić information content (AvgIpc) is 2.30. The van der Waals surface area contributed by atoms with Crippen molar-refractivity contribution in [2.24, 2.45) is 0 Å². The molecule has 0 saturated carbocycles. The van der Waals surface area contributed by atoms with Crippen LogP contribution >= 0.6 is 74.3 Å². The minimum atomic E-state index is 0. The van der Waals surface area contributed by atoms with E-state index in [1.807, 2.05) is 11.8 Å². The quantitative estimate of drug-likeness (QED) is 0.237. The lowest BCUT2D eigenvalue weighted by molar-refractivity contribution is 1.09. The maximum Gasteiger partial charge on any atom is 0.0196 e. The number of thioether (sulfide) groups is 1. The van der Waals surface area contributed by atoms with Crippen molar-refractivity contribution in [2.45, 2.75) is 97.3 Å². The summed E-state index contributed by atoms with van der Waals surface area (Å²) in [6.07, 6.45) is 2.50. The molecule has 1 unspecified atom stereocenters. The molecule has 0 bridgehead atoms. The van der Waals surface area contributed by atoms with Gasteiger partial charge in [-0.3, -0.25) is 0 Å². The lowest BCUT2D eigenvalue weighted by Gasteiger charge is -2.03. The highest BCUT2D eigenvalue weighted by Gasteiger charge is 1.96. The number of hydrogen-bond acceptors (Lipinski definition) is 3. The molecular weight excluding hydrogens is 554 g/mol. The molecule has 0 aromatic carbocycles. The molecule has 0 rings (SSSR count). The Labute approximate surface area is 187 Å². The fraction of sp³-hybridized carbons (Fsp3) is 1.00. The zero-order chi connectivity index (χ0) is 13.8. The minimum Gasteiger partial charge on any atom is -0.178 e. The zero-order valence-corrected chi connectivity index (χ0v) is 18.1. The normalized spacial score (nSPS) is 6.95. The van der Waals surface area contributed by atoms with Crippen molar-refractivity contribution < 1.29 is 0 Å². The molecular formula is C17H52I2S3. The lowest BCUT2D eigenvalue weighted by atomic mass is 10.6. The Kier molecular flexibility index (Phi) is 263. The molecule has 0 amide bonds. The first kappa shape index (κ1) is 64.3. The van der Waals surface area contributed by atoms with Crippen LogP contribution in [0.3, 0.4) is 0 Å². The molecule has 0 saturated heterocycles. The van der Waals surface area contributed by atoms with Crippen molar-refractivity contribution >= 4 is 74.3 Å². The second-order valence-corrected chi connectivity index (χ2v) is 5.32. The van der Waals surface area contributed by atoms with Crippen LogP contribution < -0.4 is 0 Å². The second-order valence-electron chi connectivity index (χ2n) is 2.91. The maximum atomic E-state index is 4.27. The fourth-order valence-corrected chi connectivity index (χ4v) is 1.55. The Bertz CT molecular complexity index is 76.9. The number of thiol groups is 2. The van der Waals surface area contributed by atoms with Crippen LogP contribution in [-0.2, 0) is 0 Å². The van der Waals surface area contributed by atoms with Crippen LogP contribution in [0.15, 0.2) is 0 Å². The van der Waals surface area contributed by atoms with Gasteiger partial charge in [0.1, 0.15) is 0 Å². The van der Waals surface area contributed by atoms with Gasteiger partial charge in [-0.15, -0.1) is 0 Å². The highest BCUT2D eigenvalue weighted by atomic mass is 128. The first-order valence-electron chi connectivity index (χ1n) is 5.65. The predicted octanol–water partition coefficient (Wildman–Crippen LogP) is 10.4. The van der Waals surface area contributed by atoms with Gasteiger partial charge in [-0.25, -0.2) is 0 Å². The smallest absolute Gasteiger partial charge is 0.0196 e. The van der Waals surface area contributed by atoms with E-state index in [4.69, 9.17) is 0 Å². The van der Waals surface area contributed by atoms with Gasteiger partial charge >= 0.3 is 0 Å². The molecule has 0 N–H and O–H groups in total. The van der Waals surface area contributed by atoms with E-state index in [-0.39, 0.29) is 44.6 Å². The van der Waals surface area contributed by atoms with E-state index in [0.717, 1.165) is 11.5 Å². The first-order valence-corrected chi connectivity index (χ1v) is 14.2. The molecule has 0 radical (unpaired) electrons. The van der Waals surface area contributed by atoms with Crippen LogP contribution in [0.2, 0.25) is 0 Å². The van der Waals surface area contributed by atoms with Gasteiger partial charge in [-0.05, 0) is 5.75 Å². The Balaban J connectivity index is -0.0000000114. The summed E-state index contributed by atoms with van der Waals surface area (Å²) in [5, 5.41) is 0.475. The van der Waals surface area contributed by atoms with Gasteiger partial charge in [-0.1, -0.05) is 92.0 Å². The van der Waals surface area contributed by atoms with E-state index >= 15 is 0 Å². The van der Waals surface area contributed by atoms with Crippen molar-refractivity contribution in [1.82, 2.24) is 0 Å². The second kappa shape index (κ2) is 89.9. The molecule has 152 valence electrons. The summed E-state index contributed by atoms with van der Waals surface area (Å²) < 4.78 is 0. The summed E-state index contributed by atoms with van der Waals surface area (Å²) in [7, 11) is 0. The standard InChI is InChI=1S/C5H12S3.2C3H8.6CH4.I2/c1-2-8-4-5(7)3-6;2*1-3-2;;;;;;;1-2/h5-7H,2-4H2,1H3;2*3H2,1-2H3;6*1H4;. The fourth-order valence-electron chi connectivity index (χ4n) is 0.307. The molecule has 0 aromatic rings. The van der Waals surface area contributed by atoms with Gasteiger partial charge in [0.2, 0.25) is 0 Å². The minimum absolute atomic E-state index is 0. The lowest BCUT2D eigenvalue weighted by Crippen LogP contribution is -2.03. The monoisotopic (exact) mass is 606 g/mol. The molecule has 0 nitrogen and oxygen atoms in total. The highest BCUT2D eigenvalue weighted by Crippen LogP contribution is 2.07. The summed E-state index contributed by atoms with van der Waals surface area (Å²) in [4.78, 5) is 0. The summed E-state index contributed by atoms with van der Waals surface area (Å²) in [6.45, 7) is 10.7. The first-order chi connectivity index (χ1) is 7.64. The molecule has 0 spiro atoms. The molecule has 22 heavy (non-hydrogen) atoms. The third kappa shape index (κ3) is 144.